The Kier molecular flexibility index (Phi) is 4.76. The molecule has 0 aliphatic rings. The maximum Gasteiger partial charge on any atom is 0.0270 e. The summed E-state index contributed by atoms with van der Waals surface area (Å²) < 4.78 is 0. The van der Waals surface area contributed by atoms with Gasteiger partial charge in [-0.2, -0.15) is 0 Å². The van der Waals surface area contributed by atoms with Gasteiger partial charge < -0.3 is 5.32 Å². The molecule has 0 saturated carbocycles. The van der Waals surface area contributed by atoms with E-state index in [2.05, 4.69) is 43.2 Å². The van der Waals surface area contributed by atoms with Crippen molar-refractivity contribution in [3.8, 4) is 0 Å². The zero-order valence-corrected chi connectivity index (χ0v) is 10.2. The minimum Gasteiger partial charge on any atom is -0.316 e. The molecule has 1 heterocycles. The molecule has 0 aliphatic heterocycles. The number of hydrogen-bond acceptors (Lipinski definition) is 2. The Bertz CT molecular complexity index is 269. The van der Waals surface area contributed by atoms with E-state index in [1.807, 2.05) is 19.4 Å². The number of nitrogens with one attached hydrogen (secondary N) is 1. The molecule has 2 unspecified atom stereocenters. The van der Waals surface area contributed by atoms with E-state index in [1.165, 1.54) is 5.56 Å². The van der Waals surface area contributed by atoms with Gasteiger partial charge in [0.1, 0.15) is 0 Å². The van der Waals surface area contributed by atoms with E-state index in [0.29, 0.717) is 17.9 Å². The van der Waals surface area contributed by atoms with Gasteiger partial charge in [0.2, 0.25) is 0 Å². The standard InChI is InChI=1S/C13H22N2/c1-10(2)11(3)13(14-4)9-12-5-7-15-8-6-12/h5-8,10-11,13-14H,9H2,1-4H3. The average molecular weight is 206 g/mol. The summed E-state index contributed by atoms with van der Waals surface area (Å²) in [7, 11) is 2.05. The van der Waals surface area contributed by atoms with E-state index in [9.17, 15) is 0 Å². The molecule has 0 amide bonds. The molecule has 0 fully saturated rings. The number of nitrogens with zero attached hydrogens (tertiary/aromatic N) is 1. The Labute approximate surface area is 93.1 Å². The minimum atomic E-state index is 0.549. The first-order valence-corrected chi connectivity index (χ1v) is 5.71. The number of likely N-dealkylation sites (N-methyl/N-ethyl adjacent to an activating group) is 1. The maximum absolute atomic E-state index is 4.04. The summed E-state index contributed by atoms with van der Waals surface area (Å²) in [4.78, 5) is 4.04. The topological polar surface area (TPSA) is 24.9 Å². The van der Waals surface area contributed by atoms with Crippen LogP contribution in [0.1, 0.15) is 26.3 Å². The second-order valence-corrected chi connectivity index (χ2v) is 4.56. The highest BCUT2D eigenvalue weighted by atomic mass is 14.9. The lowest BCUT2D eigenvalue weighted by Crippen LogP contribution is -2.36. The van der Waals surface area contributed by atoms with Crippen LogP contribution in [0.25, 0.3) is 0 Å². The van der Waals surface area contributed by atoms with Gasteiger partial charge in [-0.25, -0.2) is 0 Å². The fourth-order valence-electron chi connectivity index (χ4n) is 1.79. The van der Waals surface area contributed by atoms with Gasteiger partial charge in [-0.15, -0.1) is 0 Å². The summed E-state index contributed by atoms with van der Waals surface area (Å²) in [5.41, 5.74) is 1.36. The molecule has 2 nitrogen and oxygen atoms in total. The summed E-state index contributed by atoms with van der Waals surface area (Å²) in [5, 5.41) is 3.41. The molecule has 0 saturated heterocycles. The van der Waals surface area contributed by atoms with Crippen molar-refractivity contribution in [1.82, 2.24) is 10.3 Å². The highest BCUT2D eigenvalue weighted by Gasteiger charge is 2.18. The summed E-state index contributed by atoms with van der Waals surface area (Å²) in [5.74, 6) is 1.40. The molecule has 1 aromatic rings. The molecule has 1 aromatic heterocycles. The molecule has 15 heavy (non-hydrogen) atoms. The van der Waals surface area contributed by atoms with Gasteiger partial charge in [0.25, 0.3) is 0 Å². The first-order chi connectivity index (χ1) is 7.15. The van der Waals surface area contributed by atoms with Crippen LogP contribution in [0.3, 0.4) is 0 Å². The second-order valence-electron chi connectivity index (χ2n) is 4.56. The third kappa shape index (κ3) is 3.63. The molecule has 1 N–H and O–H groups in total. The van der Waals surface area contributed by atoms with Crippen LogP contribution in [0.4, 0.5) is 0 Å². The van der Waals surface area contributed by atoms with Crippen molar-refractivity contribution in [1.29, 1.82) is 0 Å². The first-order valence-electron chi connectivity index (χ1n) is 5.71. The number of rotatable bonds is 5. The van der Waals surface area contributed by atoms with Crippen molar-refractivity contribution in [2.24, 2.45) is 11.8 Å². The normalized spacial score (nSPS) is 15.3. The Morgan fingerprint density at radius 3 is 2.27 bits per heavy atom. The van der Waals surface area contributed by atoms with Crippen molar-refractivity contribution >= 4 is 0 Å². The largest absolute Gasteiger partial charge is 0.316 e. The molecule has 0 aromatic carbocycles. The Balaban J connectivity index is 2.62. The second kappa shape index (κ2) is 5.86. The number of hydrogen-bond donors (Lipinski definition) is 1. The van der Waals surface area contributed by atoms with Gasteiger partial charge in [-0.1, -0.05) is 20.8 Å². The lowest BCUT2D eigenvalue weighted by atomic mass is 9.87. The monoisotopic (exact) mass is 206 g/mol. The van der Waals surface area contributed by atoms with Gasteiger partial charge in [0, 0.05) is 18.4 Å². The lowest BCUT2D eigenvalue weighted by molar-refractivity contribution is 0.310. The molecule has 84 valence electrons. The van der Waals surface area contributed by atoms with Gasteiger partial charge >= 0.3 is 0 Å². The Morgan fingerprint density at radius 1 is 1.20 bits per heavy atom. The smallest absolute Gasteiger partial charge is 0.0270 e. The Morgan fingerprint density at radius 2 is 1.80 bits per heavy atom. The van der Waals surface area contributed by atoms with Crippen LogP contribution in [-0.2, 0) is 6.42 Å². The van der Waals surface area contributed by atoms with Crippen LogP contribution in [-0.4, -0.2) is 18.1 Å². The van der Waals surface area contributed by atoms with E-state index >= 15 is 0 Å². The number of aromatic nitrogens is 1. The molecule has 0 aliphatic carbocycles. The van der Waals surface area contributed by atoms with E-state index in [4.69, 9.17) is 0 Å². The van der Waals surface area contributed by atoms with Crippen LogP contribution in [0, 0.1) is 11.8 Å². The molecular formula is C13H22N2. The summed E-state index contributed by atoms with van der Waals surface area (Å²) in [6.45, 7) is 6.87. The van der Waals surface area contributed by atoms with Crippen LogP contribution >= 0.6 is 0 Å². The van der Waals surface area contributed by atoms with Gasteiger partial charge in [0.05, 0.1) is 0 Å². The highest BCUT2D eigenvalue weighted by molar-refractivity contribution is 5.11. The zero-order valence-electron chi connectivity index (χ0n) is 10.2. The van der Waals surface area contributed by atoms with E-state index < -0.39 is 0 Å². The van der Waals surface area contributed by atoms with E-state index in [-0.39, 0.29) is 0 Å². The van der Waals surface area contributed by atoms with E-state index in [1.54, 1.807) is 0 Å². The molecule has 0 bridgehead atoms. The molecule has 0 radical (unpaired) electrons. The Hall–Kier alpha value is -0.890. The fourth-order valence-corrected chi connectivity index (χ4v) is 1.79. The van der Waals surface area contributed by atoms with E-state index in [0.717, 1.165) is 6.42 Å². The summed E-state index contributed by atoms with van der Waals surface area (Å²) in [6.07, 6.45) is 4.81. The van der Waals surface area contributed by atoms with Crippen LogP contribution in [0.5, 0.6) is 0 Å². The van der Waals surface area contributed by atoms with Crippen molar-refractivity contribution in [2.45, 2.75) is 33.2 Å². The number of pyridine rings is 1. The molecular weight excluding hydrogens is 184 g/mol. The van der Waals surface area contributed by atoms with Crippen LogP contribution in [0.15, 0.2) is 24.5 Å². The highest BCUT2D eigenvalue weighted by Crippen LogP contribution is 2.17. The van der Waals surface area contributed by atoms with Crippen molar-refractivity contribution in [3.63, 3.8) is 0 Å². The summed E-state index contributed by atoms with van der Waals surface area (Å²) >= 11 is 0. The van der Waals surface area contributed by atoms with Gasteiger partial charge in [-0.05, 0) is 43.0 Å². The van der Waals surface area contributed by atoms with Crippen LogP contribution < -0.4 is 5.32 Å². The van der Waals surface area contributed by atoms with Gasteiger partial charge in [0.15, 0.2) is 0 Å². The predicted molar refractivity (Wildman–Crippen MR) is 64.8 cm³/mol. The quantitative estimate of drug-likeness (QED) is 0.800. The molecule has 2 atom stereocenters. The first kappa shape index (κ1) is 12.2. The zero-order chi connectivity index (χ0) is 11.3. The van der Waals surface area contributed by atoms with Crippen LogP contribution in [0.2, 0.25) is 0 Å². The van der Waals surface area contributed by atoms with Crippen molar-refractivity contribution in [2.75, 3.05) is 7.05 Å². The lowest BCUT2D eigenvalue weighted by Gasteiger charge is -2.26. The SMILES string of the molecule is CNC(Cc1ccncc1)C(C)C(C)C. The van der Waals surface area contributed by atoms with Crippen molar-refractivity contribution < 1.29 is 0 Å². The minimum absolute atomic E-state index is 0.549. The predicted octanol–water partition coefficient (Wildman–Crippen LogP) is 2.50. The average Bonchev–Trinajstić information content (AvgIpc) is 2.26. The van der Waals surface area contributed by atoms with Crippen molar-refractivity contribution in [3.05, 3.63) is 30.1 Å². The molecule has 2 heteroatoms. The maximum atomic E-state index is 4.04. The van der Waals surface area contributed by atoms with Gasteiger partial charge in [-0.3, -0.25) is 4.98 Å². The molecule has 0 spiro atoms. The summed E-state index contributed by atoms with van der Waals surface area (Å²) in [6, 6.07) is 4.74. The third-order valence-electron chi connectivity index (χ3n) is 3.26. The third-order valence-corrected chi connectivity index (χ3v) is 3.26. The molecule has 1 rings (SSSR count). The fraction of sp³-hybridized carbons (Fsp3) is 0.615.